The number of carbonyl (C=O) groups is 2. The lowest BCUT2D eigenvalue weighted by Crippen LogP contribution is -2.44. The lowest BCUT2D eigenvalue weighted by Gasteiger charge is -2.23. The van der Waals surface area contributed by atoms with Crippen molar-refractivity contribution in [1.29, 1.82) is 0 Å². The van der Waals surface area contributed by atoms with Gasteiger partial charge in [-0.3, -0.25) is 9.59 Å². The quantitative estimate of drug-likeness (QED) is 0.355. The molecule has 2 saturated heterocycles. The van der Waals surface area contributed by atoms with E-state index >= 15 is 0 Å². The van der Waals surface area contributed by atoms with E-state index in [2.05, 4.69) is 33.5 Å². The minimum absolute atomic E-state index is 0.0264. The van der Waals surface area contributed by atoms with Crippen molar-refractivity contribution in [2.24, 2.45) is 11.8 Å². The minimum Gasteiger partial charge on any atom is -0.361 e. The number of fused-ring (bicyclic) bond motifs is 3. The van der Waals surface area contributed by atoms with Gasteiger partial charge in [-0.1, -0.05) is 48.6 Å². The van der Waals surface area contributed by atoms with Crippen molar-refractivity contribution in [1.82, 2.24) is 20.2 Å². The molecule has 3 aliphatic heterocycles. The molecule has 4 aromatic rings. The molecule has 7 heteroatoms. The highest BCUT2D eigenvalue weighted by Gasteiger charge is 2.66. The Bertz CT molecular complexity index is 1520. The molecule has 2 bridgehead atoms. The van der Waals surface area contributed by atoms with E-state index in [1.54, 1.807) is 0 Å². The molecule has 0 aliphatic carbocycles. The molecule has 2 aromatic carbocycles. The van der Waals surface area contributed by atoms with Crippen molar-refractivity contribution in [3.05, 3.63) is 84.2 Å². The van der Waals surface area contributed by atoms with E-state index in [1.165, 1.54) is 21.9 Å². The zero-order valence-corrected chi connectivity index (χ0v) is 19.9. The average molecular weight is 481 g/mol. The number of nitrogens with one attached hydrogen (secondary N) is 3. The zero-order chi connectivity index (χ0) is 24.3. The van der Waals surface area contributed by atoms with Crippen LogP contribution in [-0.4, -0.2) is 58.0 Å². The third kappa shape index (κ3) is 3.23. The van der Waals surface area contributed by atoms with E-state index in [-0.39, 0.29) is 17.9 Å². The van der Waals surface area contributed by atoms with Crippen LogP contribution in [0.3, 0.4) is 0 Å². The lowest BCUT2D eigenvalue weighted by atomic mass is 9.77. The lowest BCUT2D eigenvalue weighted by molar-refractivity contribution is -0.137. The third-order valence-corrected chi connectivity index (χ3v) is 8.18. The van der Waals surface area contributed by atoms with Gasteiger partial charge in [0.15, 0.2) is 0 Å². The number of hydrogen-bond donors (Lipinski definition) is 3. The largest absolute Gasteiger partial charge is 0.361 e. The number of nitrogens with zero attached hydrogens (tertiary/aromatic N) is 1. The molecule has 182 valence electrons. The maximum absolute atomic E-state index is 13.5. The zero-order valence-electron chi connectivity index (χ0n) is 19.9. The smallest absolute Gasteiger partial charge is 0.230 e. The van der Waals surface area contributed by atoms with Crippen LogP contribution in [0.15, 0.2) is 73.1 Å². The van der Waals surface area contributed by atoms with E-state index in [9.17, 15) is 9.59 Å². The number of likely N-dealkylation sites (tertiary alicyclic amines) is 1. The van der Waals surface area contributed by atoms with Gasteiger partial charge in [-0.15, -0.1) is 0 Å². The first kappa shape index (κ1) is 21.4. The Labute approximate surface area is 208 Å². The monoisotopic (exact) mass is 480 g/mol. The first-order chi connectivity index (χ1) is 17.6. The summed E-state index contributed by atoms with van der Waals surface area (Å²) in [5.41, 5.74) is 3.88. The fourth-order valence-electron chi connectivity index (χ4n) is 6.44. The molecule has 2 fully saturated rings. The van der Waals surface area contributed by atoms with Gasteiger partial charge in [0.2, 0.25) is 11.8 Å². The van der Waals surface area contributed by atoms with Crippen molar-refractivity contribution < 1.29 is 14.3 Å². The molecular weight excluding hydrogens is 452 g/mol. The number of amides is 2. The number of carbonyl (C=O) groups excluding carboxylic acids is 2. The number of ether oxygens (including phenoxy) is 1. The summed E-state index contributed by atoms with van der Waals surface area (Å²) in [5.74, 6) is -1.01. The Hall–Kier alpha value is -3.84. The number of benzene rings is 2. The van der Waals surface area contributed by atoms with Crippen LogP contribution in [0.1, 0.15) is 11.1 Å². The normalized spacial score (nSPS) is 26.4. The summed E-state index contributed by atoms with van der Waals surface area (Å²) < 4.78 is 6.29. The maximum Gasteiger partial charge on any atom is 0.230 e. The minimum atomic E-state index is -0.680. The molecule has 3 N–H and O–H groups in total. The highest BCUT2D eigenvalue weighted by Crippen LogP contribution is 2.51. The number of rotatable bonds is 7. The molecule has 4 atom stereocenters. The molecule has 1 spiro atoms. The molecule has 2 aromatic heterocycles. The first-order valence-corrected chi connectivity index (χ1v) is 12.7. The maximum atomic E-state index is 13.5. The van der Waals surface area contributed by atoms with Crippen molar-refractivity contribution in [2.45, 2.75) is 24.5 Å². The molecule has 36 heavy (non-hydrogen) atoms. The van der Waals surface area contributed by atoms with Gasteiger partial charge in [0.1, 0.15) is 5.60 Å². The molecule has 0 radical (unpaired) electrons. The van der Waals surface area contributed by atoms with Crippen LogP contribution in [0.4, 0.5) is 0 Å². The van der Waals surface area contributed by atoms with Gasteiger partial charge in [0, 0.05) is 47.3 Å². The molecule has 7 nitrogen and oxygen atoms in total. The van der Waals surface area contributed by atoms with E-state index in [1.807, 2.05) is 59.8 Å². The highest BCUT2D eigenvalue weighted by atomic mass is 16.5. The van der Waals surface area contributed by atoms with Crippen LogP contribution in [0.2, 0.25) is 0 Å². The number of aromatic nitrogens is 2. The van der Waals surface area contributed by atoms with Gasteiger partial charge in [-0.2, -0.15) is 0 Å². The molecule has 2 unspecified atom stereocenters. The van der Waals surface area contributed by atoms with E-state index in [0.29, 0.717) is 19.6 Å². The van der Waals surface area contributed by atoms with Crippen LogP contribution >= 0.6 is 0 Å². The summed E-state index contributed by atoms with van der Waals surface area (Å²) in [6, 6.07) is 16.4. The van der Waals surface area contributed by atoms with Crippen molar-refractivity contribution in [2.75, 3.05) is 19.6 Å². The van der Waals surface area contributed by atoms with Gasteiger partial charge < -0.3 is 24.9 Å². The van der Waals surface area contributed by atoms with Crippen molar-refractivity contribution in [3.8, 4) is 0 Å². The summed E-state index contributed by atoms with van der Waals surface area (Å²) in [5, 5.41) is 5.45. The van der Waals surface area contributed by atoms with Crippen LogP contribution in [0.5, 0.6) is 0 Å². The van der Waals surface area contributed by atoms with Crippen LogP contribution in [-0.2, 0) is 27.2 Å². The molecular formula is C29H28N4O3. The Kier molecular flexibility index (Phi) is 4.82. The number of aromatic amines is 2. The Morgan fingerprint density at radius 3 is 2.39 bits per heavy atom. The Morgan fingerprint density at radius 2 is 1.67 bits per heavy atom. The average Bonchev–Trinajstić information content (AvgIpc) is 3.70. The number of hydrogen-bond acceptors (Lipinski definition) is 3. The Morgan fingerprint density at radius 1 is 1.00 bits per heavy atom. The summed E-state index contributed by atoms with van der Waals surface area (Å²) in [4.78, 5) is 35.3. The molecule has 2 amide bonds. The fourth-order valence-corrected chi connectivity index (χ4v) is 6.44. The predicted octanol–water partition coefficient (Wildman–Crippen LogP) is 3.33. The van der Waals surface area contributed by atoms with Crippen LogP contribution < -0.4 is 5.32 Å². The molecule has 7 rings (SSSR count). The standard InChI is InChI=1S/C29H28N4O3/c34-27(30-13-10-18-15-31-22-7-3-1-5-20(18)22)25-24-9-12-29(36-24)17-33(28(35)26(25)29)14-11-19-16-32-23-8-4-2-6-21(19)23/h1-9,12,15-16,24-26,31-32H,10-11,13-14,17H2,(H,30,34)/t24-,25?,26?,29-/m0/s1. The topological polar surface area (TPSA) is 90.2 Å². The molecule has 0 saturated carbocycles. The SMILES string of the molecule is O=C(NCCc1c[nH]c2ccccc12)C1C2C(=O)N(CCc3c[nH]c4ccccc34)C[C@@]23C=C[C@@H]1O3. The van der Waals surface area contributed by atoms with Gasteiger partial charge in [0.25, 0.3) is 0 Å². The predicted molar refractivity (Wildman–Crippen MR) is 137 cm³/mol. The van der Waals surface area contributed by atoms with Gasteiger partial charge in [-0.05, 0) is 36.1 Å². The van der Waals surface area contributed by atoms with E-state index in [4.69, 9.17) is 4.74 Å². The summed E-state index contributed by atoms with van der Waals surface area (Å²) >= 11 is 0. The summed E-state index contributed by atoms with van der Waals surface area (Å²) in [7, 11) is 0. The van der Waals surface area contributed by atoms with Gasteiger partial charge in [-0.25, -0.2) is 0 Å². The summed E-state index contributed by atoms with van der Waals surface area (Å²) in [6.45, 7) is 1.63. The summed E-state index contributed by atoms with van der Waals surface area (Å²) in [6.07, 6.45) is 9.16. The third-order valence-electron chi connectivity index (χ3n) is 8.18. The van der Waals surface area contributed by atoms with Crippen LogP contribution in [0, 0.1) is 11.8 Å². The second-order valence-electron chi connectivity index (χ2n) is 10.2. The second-order valence-corrected chi connectivity index (χ2v) is 10.2. The number of para-hydroxylation sites is 2. The first-order valence-electron chi connectivity index (χ1n) is 12.7. The molecule has 5 heterocycles. The van der Waals surface area contributed by atoms with Crippen LogP contribution in [0.25, 0.3) is 21.8 Å². The fraction of sp³-hybridized carbons (Fsp3) is 0.310. The van der Waals surface area contributed by atoms with Gasteiger partial charge in [0.05, 0.1) is 24.5 Å². The molecule has 3 aliphatic rings. The number of H-pyrrole nitrogens is 2. The van der Waals surface area contributed by atoms with Crippen molar-refractivity contribution in [3.63, 3.8) is 0 Å². The van der Waals surface area contributed by atoms with Gasteiger partial charge >= 0.3 is 0 Å². The second kappa shape index (κ2) is 8.10. The van der Waals surface area contributed by atoms with E-state index in [0.717, 1.165) is 23.9 Å². The highest BCUT2D eigenvalue weighted by molar-refractivity contribution is 5.93. The Balaban J connectivity index is 1.03. The van der Waals surface area contributed by atoms with Crippen molar-refractivity contribution >= 4 is 33.6 Å². The van der Waals surface area contributed by atoms with E-state index < -0.39 is 17.4 Å².